The summed E-state index contributed by atoms with van der Waals surface area (Å²) in [5.41, 5.74) is 3.20. The molecule has 0 heterocycles. The van der Waals surface area contributed by atoms with Crippen molar-refractivity contribution in [2.24, 2.45) is 0 Å². The minimum atomic E-state index is -0.555. The molecule has 1 atom stereocenters. The molecule has 0 spiro atoms. The summed E-state index contributed by atoms with van der Waals surface area (Å²) in [6.07, 6.45) is 0.527. The number of hydrogen-bond donors (Lipinski definition) is 1. The largest absolute Gasteiger partial charge is 0.483 e. The van der Waals surface area contributed by atoms with E-state index in [1.54, 1.807) is 4.90 Å². The Hall–Kier alpha value is -2.82. The number of ether oxygens (including phenoxy) is 1. The number of nitrogens with one attached hydrogen (secondary N) is 1. The van der Waals surface area contributed by atoms with E-state index < -0.39 is 6.04 Å². The highest BCUT2D eigenvalue weighted by Gasteiger charge is 2.29. The fraction of sp³-hybridized carbons (Fsp3) is 0.462. The van der Waals surface area contributed by atoms with Crippen LogP contribution in [-0.4, -0.2) is 35.4 Å². The third-order valence-corrected chi connectivity index (χ3v) is 5.18. The van der Waals surface area contributed by atoms with E-state index in [2.05, 4.69) is 19.2 Å². The lowest BCUT2D eigenvalue weighted by molar-refractivity contribution is -0.143. The first-order valence-corrected chi connectivity index (χ1v) is 11.1. The average molecular weight is 425 g/mol. The molecule has 2 aromatic carbocycles. The fourth-order valence-corrected chi connectivity index (χ4v) is 3.50. The maximum absolute atomic E-state index is 13.3. The van der Waals surface area contributed by atoms with E-state index in [1.807, 2.05) is 76.2 Å². The Morgan fingerprint density at radius 3 is 2.23 bits per heavy atom. The second-order valence-electron chi connectivity index (χ2n) is 8.58. The lowest BCUT2D eigenvalue weighted by Gasteiger charge is -2.31. The van der Waals surface area contributed by atoms with E-state index in [0.29, 0.717) is 18.7 Å². The number of rotatable bonds is 10. The first-order valence-electron chi connectivity index (χ1n) is 11.1. The lowest BCUT2D eigenvalue weighted by atomic mass is 10.0. The van der Waals surface area contributed by atoms with Gasteiger partial charge in [-0.3, -0.25) is 9.59 Å². The van der Waals surface area contributed by atoms with Crippen molar-refractivity contribution in [3.05, 3.63) is 65.2 Å². The molecule has 0 fully saturated rings. The standard InChI is InChI=1S/C26H36N2O3/c1-7-23(26(30)27-19(4)5)28(16-21-14-12-20(6)13-15-21)25(29)17-31-24-11-9-8-10-22(24)18(2)3/h8-15,18-19,23H,7,16-17H2,1-6H3,(H,27,30). The van der Waals surface area contributed by atoms with Gasteiger partial charge in [-0.15, -0.1) is 0 Å². The van der Waals surface area contributed by atoms with Crippen LogP contribution in [0.5, 0.6) is 5.75 Å². The van der Waals surface area contributed by atoms with Gasteiger partial charge in [0, 0.05) is 12.6 Å². The number of nitrogens with zero attached hydrogens (tertiary/aromatic N) is 1. The van der Waals surface area contributed by atoms with Crippen molar-refractivity contribution >= 4 is 11.8 Å². The quantitative estimate of drug-likeness (QED) is 0.594. The van der Waals surface area contributed by atoms with Crippen molar-refractivity contribution in [1.82, 2.24) is 10.2 Å². The first kappa shape index (κ1) is 24.4. The molecule has 0 aliphatic carbocycles. The van der Waals surface area contributed by atoms with Gasteiger partial charge in [-0.2, -0.15) is 0 Å². The summed E-state index contributed by atoms with van der Waals surface area (Å²) in [5.74, 6) is 0.654. The zero-order valence-corrected chi connectivity index (χ0v) is 19.6. The topological polar surface area (TPSA) is 58.6 Å². The molecule has 0 saturated carbocycles. The number of carbonyl (C=O) groups is 2. The van der Waals surface area contributed by atoms with Crippen LogP contribution in [0.3, 0.4) is 0 Å². The van der Waals surface area contributed by atoms with E-state index in [4.69, 9.17) is 4.74 Å². The molecule has 2 aromatic rings. The molecule has 1 N–H and O–H groups in total. The van der Waals surface area contributed by atoms with Crippen molar-refractivity contribution in [3.63, 3.8) is 0 Å². The van der Waals surface area contributed by atoms with Crippen LogP contribution in [0.4, 0.5) is 0 Å². The maximum Gasteiger partial charge on any atom is 0.261 e. The highest BCUT2D eigenvalue weighted by Crippen LogP contribution is 2.26. The summed E-state index contributed by atoms with van der Waals surface area (Å²) in [5, 5.41) is 2.95. The predicted octanol–water partition coefficient (Wildman–Crippen LogP) is 4.83. The van der Waals surface area contributed by atoms with Crippen molar-refractivity contribution in [3.8, 4) is 5.75 Å². The second-order valence-corrected chi connectivity index (χ2v) is 8.58. The molecular weight excluding hydrogens is 388 g/mol. The first-order chi connectivity index (χ1) is 14.7. The van der Waals surface area contributed by atoms with Crippen molar-refractivity contribution < 1.29 is 14.3 Å². The molecule has 168 valence electrons. The summed E-state index contributed by atoms with van der Waals surface area (Å²) < 4.78 is 5.93. The molecule has 2 rings (SSSR count). The van der Waals surface area contributed by atoms with Crippen LogP contribution < -0.4 is 10.1 Å². The molecule has 1 unspecified atom stereocenters. The third-order valence-electron chi connectivity index (χ3n) is 5.18. The van der Waals surface area contributed by atoms with Crippen LogP contribution in [-0.2, 0) is 16.1 Å². The zero-order chi connectivity index (χ0) is 23.0. The monoisotopic (exact) mass is 424 g/mol. The maximum atomic E-state index is 13.3. The Kier molecular flexibility index (Phi) is 9.10. The normalized spacial score (nSPS) is 12.0. The Morgan fingerprint density at radius 2 is 1.65 bits per heavy atom. The van der Waals surface area contributed by atoms with Crippen LogP contribution in [0.1, 0.15) is 63.6 Å². The fourth-order valence-electron chi connectivity index (χ4n) is 3.50. The Labute approximate surface area is 186 Å². The summed E-state index contributed by atoms with van der Waals surface area (Å²) >= 11 is 0. The molecule has 2 amide bonds. The van der Waals surface area contributed by atoms with Gasteiger partial charge in [0.25, 0.3) is 5.91 Å². The number of para-hydroxylation sites is 1. The molecule has 31 heavy (non-hydrogen) atoms. The summed E-state index contributed by atoms with van der Waals surface area (Å²) in [7, 11) is 0. The molecule has 0 saturated heterocycles. The molecule has 5 nitrogen and oxygen atoms in total. The smallest absolute Gasteiger partial charge is 0.261 e. The summed E-state index contributed by atoms with van der Waals surface area (Å²) in [6.45, 7) is 12.2. The predicted molar refractivity (Wildman–Crippen MR) is 125 cm³/mol. The van der Waals surface area contributed by atoms with Crippen LogP contribution in [0, 0.1) is 6.92 Å². The van der Waals surface area contributed by atoms with Gasteiger partial charge < -0.3 is 15.0 Å². The van der Waals surface area contributed by atoms with Crippen LogP contribution in [0.25, 0.3) is 0 Å². The summed E-state index contributed by atoms with van der Waals surface area (Å²) in [6, 6.07) is 15.2. The van der Waals surface area contributed by atoms with Gasteiger partial charge in [0.1, 0.15) is 11.8 Å². The Morgan fingerprint density at radius 1 is 1.00 bits per heavy atom. The number of hydrogen-bond acceptors (Lipinski definition) is 3. The highest BCUT2D eigenvalue weighted by atomic mass is 16.5. The van der Waals surface area contributed by atoms with Crippen LogP contribution in [0.2, 0.25) is 0 Å². The van der Waals surface area contributed by atoms with Gasteiger partial charge >= 0.3 is 0 Å². The number of carbonyl (C=O) groups excluding carboxylic acids is 2. The van der Waals surface area contributed by atoms with E-state index in [9.17, 15) is 9.59 Å². The number of aryl methyl sites for hydroxylation is 1. The average Bonchev–Trinajstić information content (AvgIpc) is 2.72. The van der Waals surface area contributed by atoms with Gasteiger partial charge in [0.15, 0.2) is 6.61 Å². The molecule has 5 heteroatoms. The number of benzene rings is 2. The van der Waals surface area contributed by atoms with Gasteiger partial charge in [-0.25, -0.2) is 0 Å². The minimum Gasteiger partial charge on any atom is -0.483 e. The van der Waals surface area contributed by atoms with Crippen molar-refractivity contribution in [2.75, 3.05) is 6.61 Å². The third kappa shape index (κ3) is 7.12. The van der Waals surface area contributed by atoms with Crippen molar-refractivity contribution in [1.29, 1.82) is 0 Å². The highest BCUT2D eigenvalue weighted by molar-refractivity contribution is 5.88. The Bertz CT molecular complexity index is 859. The zero-order valence-electron chi connectivity index (χ0n) is 19.6. The van der Waals surface area contributed by atoms with Gasteiger partial charge in [0.2, 0.25) is 5.91 Å². The van der Waals surface area contributed by atoms with Crippen molar-refractivity contribution in [2.45, 2.75) is 72.5 Å². The second kappa shape index (κ2) is 11.5. The minimum absolute atomic E-state index is 0.00652. The molecule has 0 aliphatic rings. The van der Waals surface area contributed by atoms with E-state index >= 15 is 0 Å². The molecule has 0 bridgehead atoms. The van der Waals surface area contributed by atoms with Gasteiger partial charge in [-0.1, -0.05) is 68.8 Å². The Balaban J connectivity index is 2.24. The van der Waals surface area contributed by atoms with E-state index in [0.717, 1.165) is 16.7 Å². The molecule has 0 radical (unpaired) electrons. The van der Waals surface area contributed by atoms with E-state index in [-0.39, 0.29) is 30.4 Å². The lowest BCUT2D eigenvalue weighted by Crippen LogP contribution is -2.51. The van der Waals surface area contributed by atoms with E-state index in [1.165, 1.54) is 0 Å². The molecule has 0 aliphatic heterocycles. The van der Waals surface area contributed by atoms with Gasteiger partial charge in [-0.05, 0) is 50.3 Å². The van der Waals surface area contributed by atoms with Crippen LogP contribution >= 0.6 is 0 Å². The number of amides is 2. The molecule has 0 aromatic heterocycles. The van der Waals surface area contributed by atoms with Crippen LogP contribution in [0.15, 0.2) is 48.5 Å². The SMILES string of the molecule is CCC(C(=O)NC(C)C)N(Cc1ccc(C)cc1)C(=O)COc1ccccc1C(C)C. The summed E-state index contributed by atoms with van der Waals surface area (Å²) in [4.78, 5) is 27.8. The van der Waals surface area contributed by atoms with Gasteiger partial charge in [0.05, 0.1) is 0 Å². The molecular formula is C26H36N2O3.